The summed E-state index contributed by atoms with van der Waals surface area (Å²) in [5, 5.41) is 2.94. The number of hydrogen-bond donors (Lipinski definition) is 2. The molecule has 0 aliphatic carbocycles. The minimum absolute atomic E-state index is 0.0240. The van der Waals surface area contributed by atoms with Gasteiger partial charge in [0.2, 0.25) is 5.91 Å². The van der Waals surface area contributed by atoms with Gasteiger partial charge in [0.25, 0.3) is 0 Å². The number of carbonyl (C=O) groups excluding carboxylic acids is 1. The number of hydrogen-bond acceptors (Lipinski definition) is 3. The summed E-state index contributed by atoms with van der Waals surface area (Å²) in [7, 11) is 0. The minimum atomic E-state index is -0.480. The van der Waals surface area contributed by atoms with Crippen LogP contribution in [0.1, 0.15) is 25.0 Å². The first-order valence-corrected chi connectivity index (χ1v) is 5.91. The molecule has 1 fully saturated rings. The molecule has 1 aliphatic rings. The van der Waals surface area contributed by atoms with Crippen LogP contribution >= 0.6 is 0 Å². The third-order valence-electron chi connectivity index (χ3n) is 2.96. The molecule has 1 aromatic carbocycles. The van der Waals surface area contributed by atoms with Crippen molar-refractivity contribution < 1.29 is 9.53 Å². The van der Waals surface area contributed by atoms with E-state index in [2.05, 4.69) is 5.32 Å². The van der Waals surface area contributed by atoms with E-state index in [1.165, 1.54) is 0 Å². The van der Waals surface area contributed by atoms with Crippen LogP contribution in [0.25, 0.3) is 0 Å². The SMILES string of the molecule is C[C@H](N)C(=O)NC1CCOC1c1ccccc1. The van der Waals surface area contributed by atoms with Crippen LogP contribution in [0.4, 0.5) is 0 Å². The van der Waals surface area contributed by atoms with E-state index >= 15 is 0 Å². The molecule has 4 heteroatoms. The Morgan fingerprint density at radius 2 is 2.18 bits per heavy atom. The van der Waals surface area contributed by atoms with E-state index in [-0.39, 0.29) is 18.1 Å². The van der Waals surface area contributed by atoms with Crippen molar-refractivity contribution >= 4 is 5.91 Å². The van der Waals surface area contributed by atoms with Gasteiger partial charge in [0.15, 0.2) is 0 Å². The maximum Gasteiger partial charge on any atom is 0.236 e. The second-order valence-corrected chi connectivity index (χ2v) is 4.39. The number of nitrogens with one attached hydrogen (secondary N) is 1. The van der Waals surface area contributed by atoms with E-state index in [0.29, 0.717) is 6.61 Å². The van der Waals surface area contributed by atoms with Gasteiger partial charge in [-0.1, -0.05) is 30.3 Å². The van der Waals surface area contributed by atoms with Crippen molar-refractivity contribution in [1.29, 1.82) is 0 Å². The third-order valence-corrected chi connectivity index (χ3v) is 2.96. The number of carbonyl (C=O) groups is 1. The lowest BCUT2D eigenvalue weighted by atomic mass is 10.0. The number of nitrogens with two attached hydrogens (primary N) is 1. The minimum Gasteiger partial charge on any atom is -0.371 e. The summed E-state index contributed by atoms with van der Waals surface area (Å²) < 4.78 is 5.68. The fourth-order valence-corrected chi connectivity index (χ4v) is 2.02. The van der Waals surface area contributed by atoms with Crippen LogP contribution in [-0.4, -0.2) is 24.6 Å². The van der Waals surface area contributed by atoms with Crippen LogP contribution in [0.5, 0.6) is 0 Å². The van der Waals surface area contributed by atoms with E-state index in [9.17, 15) is 4.79 Å². The Morgan fingerprint density at radius 1 is 1.47 bits per heavy atom. The van der Waals surface area contributed by atoms with Crippen LogP contribution in [0.3, 0.4) is 0 Å². The van der Waals surface area contributed by atoms with Gasteiger partial charge >= 0.3 is 0 Å². The molecule has 1 aliphatic heterocycles. The van der Waals surface area contributed by atoms with Crippen molar-refractivity contribution in [3.63, 3.8) is 0 Å². The van der Waals surface area contributed by atoms with Gasteiger partial charge in [-0.15, -0.1) is 0 Å². The molecule has 92 valence electrons. The predicted octanol–water partition coefficient (Wildman–Crippen LogP) is 0.980. The van der Waals surface area contributed by atoms with E-state index in [0.717, 1.165) is 12.0 Å². The Bertz CT molecular complexity index is 378. The molecule has 1 heterocycles. The molecule has 0 bridgehead atoms. The van der Waals surface area contributed by atoms with Crippen molar-refractivity contribution in [2.45, 2.75) is 31.5 Å². The van der Waals surface area contributed by atoms with Crippen LogP contribution in [0, 0.1) is 0 Å². The highest BCUT2D eigenvalue weighted by molar-refractivity contribution is 5.81. The summed E-state index contributed by atoms with van der Waals surface area (Å²) in [6, 6.07) is 9.49. The summed E-state index contributed by atoms with van der Waals surface area (Å²) >= 11 is 0. The van der Waals surface area contributed by atoms with Gasteiger partial charge in [-0.25, -0.2) is 0 Å². The van der Waals surface area contributed by atoms with Crippen LogP contribution in [0.15, 0.2) is 30.3 Å². The highest BCUT2D eigenvalue weighted by Gasteiger charge is 2.31. The predicted molar refractivity (Wildman–Crippen MR) is 65.3 cm³/mol. The van der Waals surface area contributed by atoms with Crippen LogP contribution in [0.2, 0.25) is 0 Å². The summed E-state index contributed by atoms with van der Waals surface area (Å²) in [5.74, 6) is -0.124. The van der Waals surface area contributed by atoms with Crippen LogP contribution < -0.4 is 11.1 Å². The maximum atomic E-state index is 11.6. The first-order chi connectivity index (χ1) is 8.18. The highest BCUT2D eigenvalue weighted by Crippen LogP contribution is 2.28. The molecule has 0 radical (unpaired) electrons. The quantitative estimate of drug-likeness (QED) is 0.819. The van der Waals surface area contributed by atoms with Gasteiger partial charge in [-0.2, -0.15) is 0 Å². The summed E-state index contributed by atoms with van der Waals surface area (Å²) in [6.07, 6.45) is 0.775. The Hall–Kier alpha value is -1.39. The summed E-state index contributed by atoms with van der Waals surface area (Å²) in [5.41, 5.74) is 6.64. The van der Waals surface area contributed by atoms with E-state index in [1.807, 2.05) is 30.3 Å². The van der Waals surface area contributed by atoms with Crippen molar-refractivity contribution in [3.8, 4) is 0 Å². The Morgan fingerprint density at radius 3 is 2.82 bits per heavy atom. The van der Waals surface area contributed by atoms with Crippen molar-refractivity contribution in [1.82, 2.24) is 5.32 Å². The van der Waals surface area contributed by atoms with Gasteiger partial charge in [0.1, 0.15) is 6.10 Å². The summed E-state index contributed by atoms with van der Waals surface area (Å²) in [4.78, 5) is 11.6. The number of amides is 1. The second kappa shape index (κ2) is 5.29. The van der Waals surface area contributed by atoms with Gasteiger partial charge < -0.3 is 15.8 Å². The summed E-state index contributed by atoms with van der Waals surface area (Å²) in [6.45, 7) is 2.35. The molecule has 17 heavy (non-hydrogen) atoms. The standard InChI is InChI=1S/C13H18N2O2/c1-9(14)13(16)15-11-7-8-17-12(11)10-5-3-2-4-6-10/h2-6,9,11-12H,7-8,14H2,1H3,(H,15,16)/t9-,11?,12?/m0/s1. The fraction of sp³-hybridized carbons (Fsp3) is 0.462. The van der Waals surface area contributed by atoms with E-state index in [4.69, 9.17) is 10.5 Å². The second-order valence-electron chi connectivity index (χ2n) is 4.39. The zero-order chi connectivity index (χ0) is 12.3. The maximum absolute atomic E-state index is 11.6. The monoisotopic (exact) mass is 234 g/mol. The zero-order valence-electron chi connectivity index (χ0n) is 9.93. The molecule has 4 nitrogen and oxygen atoms in total. The zero-order valence-corrected chi connectivity index (χ0v) is 9.93. The number of rotatable bonds is 3. The molecule has 1 amide bonds. The van der Waals surface area contributed by atoms with Crippen molar-refractivity contribution in [3.05, 3.63) is 35.9 Å². The smallest absolute Gasteiger partial charge is 0.236 e. The van der Waals surface area contributed by atoms with E-state index < -0.39 is 6.04 Å². The lowest BCUT2D eigenvalue weighted by Gasteiger charge is -2.21. The molecule has 2 rings (SSSR count). The topological polar surface area (TPSA) is 64.4 Å². The molecule has 0 spiro atoms. The van der Waals surface area contributed by atoms with Crippen LogP contribution in [-0.2, 0) is 9.53 Å². The first kappa shape index (κ1) is 12.1. The molecule has 1 aromatic rings. The first-order valence-electron chi connectivity index (χ1n) is 5.91. The molecular weight excluding hydrogens is 216 g/mol. The van der Waals surface area contributed by atoms with Gasteiger partial charge in [0, 0.05) is 6.61 Å². The average Bonchev–Trinajstić information content (AvgIpc) is 2.78. The molecule has 0 aromatic heterocycles. The normalized spacial score (nSPS) is 25.5. The van der Waals surface area contributed by atoms with Crippen molar-refractivity contribution in [2.75, 3.05) is 6.61 Å². The average molecular weight is 234 g/mol. The number of ether oxygens (including phenoxy) is 1. The van der Waals surface area contributed by atoms with Gasteiger partial charge in [-0.3, -0.25) is 4.79 Å². The fourth-order valence-electron chi connectivity index (χ4n) is 2.02. The van der Waals surface area contributed by atoms with Gasteiger partial charge in [0.05, 0.1) is 12.1 Å². The third kappa shape index (κ3) is 2.84. The van der Waals surface area contributed by atoms with E-state index in [1.54, 1.807) is 6.92 Å². The Kier molecular flexibility index (Phi) is 3.76. The molecule has 2 unspecified atom stereocenters. The number of benzene rings is 1. The highest BCUT2D eigenvalue weighted by atomic mass is 16.5. The Labute approximate surface area is 101 Å². The molecule has 3 N–H and O–H groups in total. The van der Waals surface area contributed by atoms with Crippen molar-refractivity contribution in [2.24, 2.45) is 5.73 Å². The largest absolute Gasteiger partial charge is 0.371 e. The lowest BCUT2D eigenvalue weighted by molar-refractivity contribution is -0.123. The molecular formula is C13H18N2O2. The molecule has 3 atom stereocenters. The molecule has 1 saturated heterocycles. The van der Waals surface area contributed by atoms with Gasteiger partial charge in [-0.05, 0) is 18.9 Å². The molecule has 0 saturated carbocycles. The lowest BCUT2D eigenvalue weighted by Crippen LogP contribution is -2.44. The Balaban J connectivity index is 2.05.